The van der Waals surface area contributed by atoms with E-state index in [2.05, 4.69) is 20.2 Å². The third kappa shape index (κ3) is 2.77. The average molecular weight is 311 g/mol. The summed E-state index contributed by atoms with van der Waals surface area (Å²) in [7, 11) is 0. The third-order valence-electron chi connectivity index (χ3n) is 3.47. The number of pyridine rings is 1. The van der Waals surface area contributed by atoms with Crippen molar-refractivity contribution in [1.29, 1.82) is 0 Å². The second-order valence-electron chi connectivity index (χ2n) is 6.29. The predicted octanol–water partition coefficient (Wildman–Crippen LogP) is 2.49. The molecule has 0 unspecified atom stereocenters. The summed E-state index contributed by atoms with van der Waals surface area (Å²) in [5, 5.41) is 7.82. The molecule has 0 atom stereocenters. The number of aromatic nitrogens is 5. The number of carbonyl (C=O) groups is 1. The van der Waals surface area contributed by atoms with E-state index >= 15 is 0 Å². The summed E-state index contributed by atoms with van der Waals surface area (Å²) in [5.74, 6) is 1.03. The number of nitrogens with zero attached hydrogens (tertiary/aromatic N) is 5. The van der Waals surface area contributed by atoms with Crippen LogP contribution in [-0.2, 0) is 5.41 Å². The van der Waals surface area contributed by atoms with Gasteiger partial charge in [-0.3, -0.25) is 4.79 Å². The Hall–Kier alpha value is -2.83. The molecule has 0 fully saturated rings. The van der Waals surface area contributed by atoms with Crippen molar-refractivity contribution in [2.45, 2.75) is 33.1 Å². The van der Waals surface area contributed by atoms with Crippen LogP contribution in [0.25, 0.3) is 5.82 Å². The Morgan fingerprint density at radius 3 is 2.61 bits per heavy atom. The van der Waals surface area contributed by atoms with E-state index in [1.54, 1.807) is 30.1 Å². The Morgan fingerprint density at radius 2 is 2.00 bits per heavy atom. The maximum Gasteiger partial charge on any atom is 0.200 e. The van der Waals surface area contributed by atoms with Gasteiger partial charge in [0.1, 0.15) is 12.7 Å². The molecule has 0 amide bonds. The van der Waals surface area contributed by atoms with Crippen molar-refractivity contribution in [3.63, 3.8) is 0 Å². The zero-order valence-electron chi connectivity index (χ0n) is 13.4. The lowest BCUT2D eigenvalue weighted by Gasteiger charge is -2.15. The van der Waals surface area contributed by atoms with Crippen LogP contribution in [-0.4, -0.2) is 30.7 Å². The smallest absolute Gasteiger partial charge is 0.200 e. The molecule has 0 N–H and O–H groups in total. The first-order valence-electron chi connectivity index (χ1n) is 7.20. The molecular weight excluding hydrogens is 294 g/mol. The number of rotatable bonds is 3. The van der Waals surface area contributed by atoms with E-state index < -0.39 is 0 Å². The fourth-order valence-corrected chi connectivity index (χ4v) is 2.33. The van der Waals surface area contributed by atoms with Crippen LogP contribution in [0.1, 0.15) is 48.1 Å². The van der Waals surface area contributed by atoms with E-state index in [0.29, 0.717) is 28.4 Å². The molecule has 7 heteroatoms. The molecule has 0 bridgehead atoms. The molecule has 0 radical (unpaired) electrons. The molecule has 0 aromatic carbocycles. The molecule has 7 nitrogen and oxygen atoms in total. The molecule has 3 heterocycles. The van der Waals surface area contributed by atoms with E-state index in [1.165, 1.54) is 12.5 Å². The predicted molar refractivity (Wildman–Crippen MR) is 82.5 cm³/mol. The minimum Gasteiger partial charge on any atom is -0.360 e. The van der Waals surface area contributed by atoms with Crippen LogP contribution >= 0.6 is 0 Å². The summed E-state index contributed by atoms with van der Waals surface area (Å²) < 4.78 is 6.82. The van der Waals surface area contributed by atoms with Gasteiger partial charge in [0, 0.05) is 11.0 Å². The maximum atomic E-state index is 12.8. The monoisotopic (exact) mass is 311 g/mol. The SMILES string of the molecule is Cc1nc(-n2cncn2)ccc1C(=O)c1cnoc1C(C)(C)C. The van der Waals surface area contributed by atoms with Gasteiger partial charge in [-0.25, -0.2) is 14.6 Å². The van der Waals surface area contributed by atoms with Gasteiger partial charge in [-0.05, 0) is 19.1 Å². The van der Waals surface area contributed by atoms with Gasteiger partial charge in [-0.2, -0.15) is 5.10 Å². The zero-order valence-corrected chi connectivity index (χ0v) is 13.4. The summed E-state index contributed by atoms with van der Waals surface area (Å²) in [6, 6.07) is 3.47. The number of aryl methyl sites for hydroxylation is 1. The standard InChI is InChI=1S/C16H17N5O2/c1-10-11(5-6-13(20-10)21-9-17-8-18-21)14(22)12-7-19-23-15(12)16(2,3)4/h5-9H,1-4H3. The minimum absolute atomic E-state index is 0.147. The van der Waals surface area contributed by atoms with Crippen molar-refractivity contribution >= 4 is 5.78 Å². The first-order chi connectivity index (χ1) is 10.9. The molecule has 0 saturated heterocycles. The van der Waals surface area contributed by atoms with Crippen LogP contribution in [0.4, 0.5) is 0 Å². The Morgan fingerprint density at radius 1 is 1.22 bits per heavy atom. The summed E-state index contributed by atoms with van der Waals surface area (Å²) in [4.78, 5) is 21.1. The molecule has 0 aliphatic heterocycles. The van der Waals surface area contributed by atoms with E-state index in [0.717, 1.165) is 0 Å². The first-order valence-corrected chi connectivity index (χ1v) is 7.20. The van der Waals surface area contributed by atoms with Crippen LogP contribution in [0, 0.1) is 6.92 Å². The second-order valence-corrected chi connectivity index (χ2v) is 6.29. The van der Waals surface area contributed by atoms with E-state index in [4.69, 9.17) is 4.52 Å². The van der Waals surface area contributed by atoms with Crippen molar-refractivity contribution in [2.24, 2.45) is 0 Å². The van der Waals surface area contributed by atoms with Gasteiger partial charge in [0.2, 0.25) is 0 Å². The lowest BCUT2D eigenvalue weighted by molar-refractivity contribution is 0.103. The fourth-order valence-electron chi connectivity index (χ4n) is 2.33. The number of ketones is 1. The van der Waals surface area contributed by atoms with Crippen LogP contribution in [0.3, 0.4) is 0 Å². The van der Waals surface area contributed by atoms with Gasteiger partial charge in [-0.1, -0.05) is 25.9 Å². The van der Waals surface area contributed by atoms with Crippen molar-refractivity contribution in [3.05, 3.63) is 53.6 Å². The Kier molecular flexibility index (Phi) is 3.55. The van der Waals surface area contributed by atoms with Crippen molar-refractivity contribution < 1.29 is 9.32 Å². The number of hydrogen-bond acceptors (Lipinski definition) is 6. The summed E-state index contributed by atoms with van der Waals surface area (Å²) >= 11 is 0. The second kappa shape index (κ2) is 5.42. The molecule has 0 spiro atoms. The van der Waals surface area contributed by atoms with Crippen LogP contribution in [0.15, 0.2) is 35.5 Å². The highest BCUT2D eigenvalue weighted by Gasteiger charge is 2.28. The van der Waals surface area contributed by atoms with Gasteiger partial charge in [0.15, 0.2) is 17.4 Å². The van der Waals surface area contributed by atoms with Gasteiger partial charge in [-0.15, -0.1) is 0 Å². The van der Waals surface area contributed by atoms with Gasteiger partial charge in [0.05, 0.1) is 17.5 Å². The highest BCUT2D eigenvalue weighted by Crippen LogP contribution is 2.27. The van der Waals surface area contributed by atoms with Crippen LogP contribution < -0.4 is 0 Å². The topological polar surface area (TPSA) is 86.7 Å². The minimum atomic E-state index is -0.302. The Labute approximate surface area is 133 Å². The summed E-state index contributed by atoms with van der Waals surface area (Å²) in [5.41, 5.74) is 1.30. The number of hydrogen-bond donors (Lipinski definition) is 0. The van der Waals surface area contributed by atoms with E-state index in [9.17, 15) is 4.79 Å². The molecule has 23 heavy (non-hydrogen) atoms. The normalized spacial score (nSPS) is 11.7. The Balaban J connectivity index is 2.00. The highest BCUT2D eigenvalue weighted by molar-refractivity contribution is 6.10. The highest BCUT2D eigenvalue weighted by atomic mass is 16.5. The molecule has 3 rings (SSSR count). The zero-order chi connectivity index (χ0) is 16.6. The van der Waals surface area contributed by atoms with Crippen molar-refractivity contribution in [3.8, 4) is 5.82 Å². The first kappa shape index (κ1) is 15.1. The largest absolute Gasteiger partial charge is 0.360 e. The molecular formula is C16H17N5O2. The van der Waals surface area contributed by atoms with E-state index in [-0.39, 0.29) is 11.2 Å². The molecule has 3 aromatic heterocycles. The molecule has 0 aliphatic carbocycles. The lowest BCUT2D eigenvalue weighted by atomic mass is 9.88. The summed E-state index contributed by atoms with van der Waals surface area (Å²) in [6.45, 7) is 7.72. The summed E-state index contributed by atoms with van der Waals surface area (Å²) in [6.07, 6.45) is 4.46. The maximum absolute atomic E-state index is 12.8. The Bertz CT molecular complexity index is 844. The average Bonchev–Trinajstić information content (AvgIpc) is 3.17. The van der Waals surface area contributed by atoms with E-state index in [1.807, 2.05) is 20.8 Å². The molecule has 118 valence electrons. The van der Waals surface area contributed by atoms with Crippen LogP contribution in [0.5, 0.6) is 0 Å². The quantitative estimate of drug-likeness (QED) is 0.691. The van der Waals surface area contributed by atoms with Crippen molar-refractivity contribution in [2.75, 3.05) is 0 Å². The molecule has 0 aliphatic rings. The fraction of sp³-hybridized carbons (Fsp3) is 0.312. The van der Waals surface area contributed by atoms with Gasteiger partial charge >= 0.3 is 0 Å². The molecule has 0 saturated carbocycles. The van der Waals surface area contributed by atoms with Gasteiger partial charge < -0.3 is 4.52 Å². The third-order valence-corrected chi connectivity index (χ3v) is 3.47. The lowest BCUT2D eigenvalue weighted by Crippen LogP contribution is -2.16. The van der Waals surface area contributed by atoms with Gasteiger partial charge in [0.25, 0.3) is 0 Å². The van der Waals surface area contributed by atoms with Crippen molar-refractivity contribution in [1.82, 2.24) is 24.9 Å². The van der Waals surface area contributed by atoms with Crippen LogP contribution in [0.2, 0.25) is 0 Å². The molecule has 3 aromatic rings. The number of carbonyl (C=O) groups excluding carboxylic acids is 1.